The van der Waals surface area contributed by atoms with Gasteiger partial charge in [0.1, 0.15) is 11.7 Å². The monoisotopic (exact) mass is 634 g/mol. The minimum absolute atomic E-state index is 0.181. The summed E-state index contributed by atoms with van der Waals surface area (Å²) in [4.78, 5) is 41.9. The first kappa shape index (κ1) is 28.1. The van der Waals surface area contributed by atoms with Crippen LogP contribution in [0.3, 0.4) is 0 Å². The van der Waals surface area contributed by atoms with Crippen LogP contribution in [-0.2, 0) is 19.4 Å². The van der Waals surface area contributed by atoms with Gasteiger partial charge in [-0.05, 0) is 77.3 Å². The van der Waals surface area contributed by atoms with Crippen molar-refractivity contribution in [2.24, 2.45) is 0 Å². The molecule has 0 radical (unpaired) electrons. The molecule has 3 heterocycles. The third-order valence-corrected chi connectivity index (χ3v) is 8.58. The number of nitriles is 1. The van der Waals surface area contributed by atoms with Crippen LogP contribution in [0.2, 0.25) is 0 Å². The lowest BCUT2D eigenvalue weighted by atomic mass is 9.97. The first-order valence-corrected chi connectivity index (χ1v) is 14.6. The second-order valence-electron chi connectivity index (χ2n) is 10.6. The molecule has 0 fully saturated rings. The van der Waals surface area contributed by atoms with Gasteiger partial charge in [0.2, 0.25) is 0 Å². The highest BCUT2D eigenvalue weighted by Crippen LogP contribution is 2.28. The maximum atomic E-state index is 14.3. The van der Waals surface area contributed by atoms with E-state index in [1.54, 1.807) is 69.7 Å². The van der Waals surface area contributed by atoms with Gasteiger partial charge < -0.3 is 10.2 Å². The number of carbonyl (C=O) groups is 2. The van der Waals surface area contributed by atoms with E-state index in [1.165, 1.54) is 0 Å². The van der Waals surface area contributed by atoms with Crippen molar-refractivity contribution >= 4 is 33.4 Å². The maximum absolute atomic E-state index is 14.3. The second kappa shape index (κ2) is 11.3. The number of amides is 2. The molecule has 0 saturated carbocycles. The highest BCUT2D eigenvalue weighted by Gasteiger charge is 2.33. The minimum Gasteiger partial charge on any atom is -0.355 e. The second-order valence-corrected chi connectivity index (χ2v) is 11.4. The molecular weight excluding hydrogens is 608 g/mol. The van der Waals surface area contributed by atoms with Crippen LogP contribution in [0.15, 0.2) is 88.3 Å². The van der Waals surface area contributed by atoms with Gasteiger partial charge in [0, 0.05) is 46.2 Å². The Kier molecular flexibility index (Phi) is 7.42. The van der Waals surface area contributed by atoms with Gasteiger partial charge in [-0.1, -0.05) is 30.3 Å². The lowest BCUT2D eigenvalue weighted by molar-refractivity contribution is 0.0651. The third kappa shape index (κ3) is 5.02. The number of hydrogen-bond donors (Lipinski definition) is 1. The summed E-state index contributed by atoms with van der Waals surface area (Å²) in [5, 5.41) is 16.8. The quantitative estimate of drug-likeness (QED) is 0.302. The summed E-state index contributed by atoms with van der Waals surface area (Å²) in [6.07, 6.45) is 2.66. The topological polar surface area (TPSA) is 112 Å². The van der Waals surface area contributed by atoms with Crippen LogP contribution in [0.4, 0.5) is 0 Å². The van der Waals surface area contributed by atoms with E-state index in [0.717, 1.165) is 11.1 Å². The van der Waals surface area contributed by atoms with Crippen LogP contribution in [0.25, 0.3) is 11.3 Å². The molecule has 43 heavy (non-hydrogen) atoms. The summed E-state index contributed by atoms with van der Waals surface area (Å²) in [5.41, 5.74) is 5.47. The van der Waals surface area contributed by atoms with Crippen LogP contribution >= 0.6 is 15.9 Å². The number of nitrogens with zero attached hydrogens (tertiary/aromatic N) is 5. The van der Waals surface area contributed by atoms with Crippen LogP contribution in [0, 0.1) is 11.3 Å². The lowest BCUT2D eigenvalue weighted by Gasteiger charge is -2.35. The smallest absolute Gasteiger partial charge is 0.261 e. The Bertz CT molecular complexity index is 1990. The van der Waals surface area contributed by atoms with Gasteiger partial charge in [-0.3, -0.25) is 19.0 Å². The van der Waals surface area contributed by atoms with Crippen LogP contribution < -0.4 is 10.9 Å². The SMILES string of the molecule is CNC(=O)c1ccc(-n2c(=O)c3c(n4ncc(Cc5ccccc5)c24)CN(C(=O)c2ccc(Br)c(C#N)c2)[C@@H](C)C3)cc1. The van der Waals surface area contributed by atoms with E-state index >= 15 is 0 Å². The van der Waals surface area contributed by atoms with Gasteiger partial charge in [-0.15, -0.1) is 0 Å². The van der Waals surface area contributed by atoms with Gasteiger partial charge in [-0.25, -0.2) is 4.52 Å². The van der Waals surface area contributed by atoms with Crippen LogP contribution in [0.5, 0.6) is 0 Å². The van der Waals surface area contributed by atoms with E-state index in [1.807, 2.05) is 37.3 Å². The molecule has 3 aromatic carbocycles. The van der Waals surface area contributed by atoms with Crippen LogP contribution in [0.1, 0.15) is 55.6 Å². The van der Waals surface area contributed by atoms with Crippen molar-refractivity contribution in [2.75, 3.05) is 7.05 Å². The number of nitrogens with one attached hydrogen (secondary N) is 1. The molecule has 0 saturated heterocycles. The molecule has 1 aliphatic heterocycles. The molecule has 0 aliphatic carbocycles. The zero-order chi connectivity index (χ0) is 30.2. The number of fused-ring (bicyclic) bond motifs is 3. The number of hydrogen-bond acceptors (Lipinski definition) is 5. The molecule has 1 atom stereocenters. The highest BCUT2D eigenvalue weighted by molar-refractivity contribution is 9.10. The number of rotatable bonds is 5. The molecule has 9 nitrogen and oxygen atoms in total. The zero-order valence-electron chi connectivity index (χ0n) is 23.5. The molecule has 1 N–H and O–H groups in total. The average Bonchev–Trinajstić information content (AvgIpc) is 3.44. The van der Waals surface area contributed by atoms with E-state index in [-0.39, 0.29) is 30.0 Å². The van der Waals surface area contributed by atoms with Crippen molar-refractivity contribution in [2.45, 2.75) is 32.4 Å². The van der Waals surface area contributed by atoms with Crippen molar-refractivity contribution in [3.05, 3.63) is 133 Å². The molecule has 0 bridgehead atoms. The fraction of sp³-hybridized carbons (Fsp3) is 0.182. The molecule has 214 valence electrons. The van der Waals surface area contributed by atoms with E-state index in [9.17, 15) is 19.6 Å². The first-order chi connectivity index (χ1) is 20.8. The molecule has 0 spiro atoms. The normalized spacial score (nSPS) is 14.3. The van der Waals surface area contributed by atoms with Gasteiger partial charge in [-0.2, -0.15) is 10.4 Å². The Labute approximate surface area is 256 Å². The van der Waals surface area contributed by atoms with E-state index < -0.39 is 0 Å². The predicted octanol–water partition coefficient (Wildman–Crippen LogP) is 4.66. The number of carbonyl (C=O) groups excluding carboxylic acids is 2. The van der Waals surface area contributed by atoms with Crippen molar-refractivity contribution < 1.29 is 9.59 Å². The van der Waals surface area contributed by atoms with Crippen molar-refractivity contribution in [3.63, 3.8) is 0 Å². The molecular formula is C33H27BrN6O3. The molecule has 6 rings (SSSR count). The Hall–Kier alpha value is -5.01. The van der Waals surface area contributed by atoms with Gasteiger partial charge >= 0.3 is 0 Å². The van der Waals surface area contributed by atoms with Gasteiger partial charge in [0.05, 0.1) is 29.7 Å². The zero-order valence-corrected chi connectivity index (χ0v) is 25.1. The summed E-state index contributed by atoms with van der Waals surface area (Å²) in [7, 11) is 1.57. The summed E-state index contributed by atoms with van der Waals surface area (Å²) in [6.45, 7) is 2.10. The Balaban J connectivity index is 1.50. The standard InChI is InChI=1S/C33H27BrN6O3/c1-20-14-27-29(19-38(20)32(42)23-10-13-28(34)24(16-23)17-35)40-31(25(18-37-40)15-21-6-4-3-5-7-21)39(33(27)43)26-11-8-22(9-12-26)30(41)36-2/h3-13,16,18,20H,14-15,19H2,1-2H3,(H,36,41)/t20-/m0/s1. The summed E-state index contributed by atoms with van der Waals surface area (Å²) >= 11 is 3.35. The van der Waals surface area contributed by atoms with Crippen molar-refractivity contribution in [1.82, 2.24) is 24.4 Å². The summed E-state index contributed by atoms with van der Waals surface area (Å²) in [5.74, 6) is -0.434. The maximum Gasteiger partial charge on any atom is 0.261 e. The predicted molar refractivity (Wildman–Crippen MR) is 165 cm³/mol. The Morgan fingerprint density at radius 2 is 1.79 bits per heavy atom. The first-order valence-electron chi connectivity index (χ1n) is 13.8. The Morgan fingerprint density at radius 3 is 2.49 bits per heavy atom. The molecule has 0 unspecified atom stereocenters. The van der Waals surface area contributed by atoms with Gasteiger partial charge in [0.25, 0.3) is 17.4 Å². The van der Waals surface area contributed by atoms with E-state index in [4.69, 9.17) is 5.10 Å². The average molecular weight is 636 g/mol. The van der Waals surface area contributed by atoms with E-state index in [0.29, 0.717) is 56.6 Å². The summed E-state index contributed by atoms with van der Waals surface area (Å²) < 4.78 is 4.06. The molecule has 2 amide bonds. The summed E-state index contributed by atoms with van der Waals surface area (Å²) in [6, 6.07) is 23.7. The number of benzene rings is 3. The third-order valence-electron chi connectivity index (χ3n) is 7.89. The van der Waals surface area contributed by atoms with E-state index in [2.05, 4.69) is 27.3 Å². The van der Waals surface area contributed by atoms with Crippen molar-refractivity contribution in [1.29, 1.82) is 5.26 Å². The Morgan fingerprint density at radius 1 is 1.07 bits per heavy atom. The minimum atomic E-state index is -0.275. The van der Waals surface area contributed by atoms with Crippen molar-refractivity contribution in [3.8, 4) is 11.8 Å². The number of aromatic nitrogens is 3. The molecule has 1 aliphatic rings. The largest absolute Gasteiger partial charge is 0.355 e. The molecule has 5 aromatic rings. The molecule has 2 aromatic heterocycles. The fourth-order valence-electron chi connectivity index (χ4n) is 5.65. The van der Waals surface area contributed by atoms with Crippen LogP contribution in [-0.4, -0.2) is 44.0 Å². The van der Waals surface area contributed by atoms with Gasteiger partial charge in [0.15, 0.2) is 0 Å². The molecule has 10 heteroatoms. The lowest BCUT2D eigenvalue weighted by Crippen LogP contribution is -2.46. The fourth-order valence-corrected chi connectivity index (χ4v) is 5.99. The highest BCUT2D eigenvalue weighted by atomic mass is 79.9. The number of halogens is 1.